The molecule has 20 heavy (non-hydrogen) atoms. The lowest BCUT2D eigenvalue weighted by molar-refractivity contribution is -0.116. The van der Waals surface area contributed by atoms with E-state index in [-0.39, 0.29) is 5.91 Å². The number of nitrogens with one attached hydrogen (secondary N) is 1. The average molecular weight is 269 g/mol. The molecule has 0 radical (unpaired) electrons. The molecule has 1 amide bonds. The lowest BCUT2D eigenvalue weighted by Gasteiger charge is -2.05. The van der Waals surface area contributed by atoms with Crippen molar-refractivity contribution in [2.45, 2.75) is 26.2 Å². The van der Waals surface area contributed by atoms with Crippen LogP contribution in [0.15, 0.2) is 42.6 Å². The Morgan fingerprint density at radius 1 is 1.20 bits per heavy atom. The molecule has 1 aromatic heterocycles. The van der Waals surface area contributed by atoms with E-state index in [4.69, 9.17) is 5.73 Å². The molecular weight excluding hydrogens is 250 g/mol. The summed E-state index contributed by atoms with van der Waals surface area (Å²) in [4.78, 5) is 15.8. The number of rotatable bonds is 5. The lowest BCUT2D eigenvalue weighted by Crippen LogP contribution is -2.12. The minimum absolute atomic E-state index is 0.0191. The quantitative estimate of drug-likeness (QED) is 0.877. The van der Waals surface area contributed by atoms with E-state index < -0.39 is 0 Å². The summed E-state index contributed by atoms with van der Waals surface area (Å²) in [5, 5.41) is 2.76. The van der Waals surface area contributed by atoms with Crippen LogP contribution in [0.5, 0.6) is 0 Å². The number of aromatic nitrogens is 1. The van der Waals surface area contributed by atoms with Crippen molar-refractivity contribution >= 4 is 17.4 Å². The van der Waals surface area contributed by atoms with E-state index in [1.807, 2.05) is 0 Å². The molecule has 0 saturated heterocycles. The van der Waals surface area contributed by atoms with Crippen LogP contribution in [-0.2, 0) is 11.2 Å². The van der Waals surface area contributed by atoms with Crippen molar-refractivity contribution in [1.82, 2.24) is 4.98 Å². The summed E-state index contributed by atoms with van der Waals surface area (Å²) in [5.74, 6) is 0.522. The van der Waals surface area contributed by atoms with Gasteiger partial charge in [-0.1, -0.05) is 29.8 Å². The number of carbonyl (C=O) groups excluding carboxylic acids is 1. The molecule has 4 heteroatoms. The second-order valence-electron chi connectivity index (χ2n) is 4.86. The second kappa shape index (κ2) is 6.70. The first-order chi connectivity index (χ1) is 9.63. The Balaban J connectivity index is 1.75. The van der Waals surface area contributed by atoms with E-state index >= 15 is 0 Å². The third-order valence-corrected chi connectivity index (χ3v) is 3.04. The molecule has 0 fully saturated rings. The van der Waals surface area contributed by atoms with Gasteiger partial charge in [0.1, 0.15) is 5.82 Å². The molecule has 4 nitrogen and oxygen atoms in total. The van der Waals surface area contributed by atoms with Gasteiger partial charge in [0.25, 0.3) is 0 Å². The zero-order chi connectivity index (χ0) is 14.4. The average Bonchev–Trinajstić information content (AvgIpc) is 2.44. The smallest absolute Gasteiger partial charge is 0.225 e. The number of nitrogen functional groups attached to an aromatic ring is 1. The largest absolute Gasteiger partial charge is 0.397 e. The van der Waals surface area contributed by atoms with Crippen LogP contribution in [0.25, 0.3) is 0 Å². The highest BCUT2D eigenvalue weighted by Gasteiger charge is 2.03. The number of anilines is 2. The highest BCUT2D eigenvalue weighted by atomic mass is 16.1. The van der Waals surface area contributed by atoms with E-state index in [0.29, 0.717) is 17.9 Å². The van der Waals surface area contributed by atoms with E-state index in [1.165, 1.54) is 17.3 Å². The Morgan fingerprint density at radius 3 is 2.60 bits per heavy atom. The molecule has 1 aromatic carbocycles. The van der Waals surface area contributed by atoms with Gasteiger partial charge in [-0.2, -0.15) is 0 Å². The molecule has 0 unspecified atom stereocenters. The van der Waals surface area contributed by atoms with Gasteiger partial charge >= 0.3 is 0 Å². The fourth-order valence-electron chi connectivity index (χ4n) is 1.89. The van der Waals surface area contributed by atoms with Crippen LogP contribution in [0.4, 0.5) is 11.5 Å². The first-order valence-corrected chi connectivity index (χ1v) is 6.70. The normalized spacial score (nSPS) is 10.2. The summed E-state index contributed by atoms with van der Waals surface area (Å²) in [7, 11) is 0. The maximum atomic E-state index is 11.8. The molecule has 1 heterocycles. The van der Waals surface area contributed by atoms with Gasteiger partial charge in [-0.3, -0.25) is 4.79 Å². The molecular formula is C16H19N3O. The van der Waals surface area contributed by atoms with Crippen molar-refractivity contribution in [2.75, 3.05) is 11.1 Å². The number of hydrogen-bond acceptors (Lipinski definition) is 3. The Hall–Kier alpha value is -2.36. The summed E-state index contributed by atoms with van der Waals surface area (Å²) in [6.07, 6.45) is 3.74. The predicted octanol–water partition coefficient (Wildman–Crippen LogP) is 2.93. The van der Waals surface area contributed by atoms with Gasteiger partial charge in [-0.05, 0) is 37.5 Å². The predicted molar refractivity (Wildman–Crippen MR) is 81.4 cm³/mol. The maximum Gasteiger partial charge on any atom is 0.225 e. The van der Waals surface area contributed by atoms with Crippen molar-refractivity contribution in [3.63, 3.8) is 0 Å². The number of carbonyl (C=O) groups is 1. The Kier molecular flexibility index (Phi) is 4.71. The fraction of sp³-hybridized carbons (Fsp3) is 0.250. The highest BCUT2D eigenvalue weighted by Crippen LogP contribution is 2.09. The van der Waals surface area contributed by atoms with Crippen molar-refractivity contribution in [1.29, 1.82) is 0 Å². The number of nitrogens with zero attached hydrogens (tertiary/aromatic N) is 1. The van der Waals surface area contributed by atoms with Gasteiger partial charge < -0.3 is 11.1 Å². The number of hydrogen-bond donors (Lipinski definition) is 2. The molecule has 3 N–H and O–H groups in total. The molecule has 0 bridgehead atoms. The van der Waals surface area contributed by atoms with E-state index in [9.17, 15) is 4.79 Å². The van der Waals surface area contributed by atoms with Crippen LogP contribution < -0.4 is 11.1 Å². The molecule has 104 valence electrons. The topological polar surface area (TPSA) is 68.0 Å². The van der Waals surface area contributed by atoms with E-state index in [0.717, 1.165) is 12.8 Å². The third-order valence-electron chi connectivity index (χ3n) is 3.04. The van der Waals surface area contributed by atoms with Crippen LogP contribution in [0.3, 0.4) is 0 Å². The van der Waals surface area contributed by atoms with Crippen molar-refractivity contribution in [3.05, 3.63) is 53.7 Å². The zero-order valence-electron chi connectivity index (χ0n) is 11.6. The summed E-state index contributed by atoms with van der Waals surface area (Å²) in [5.41, 5.74) is 8.63. The van der Waals surface area contributed by atoms with Crippen LogP contribution in [0.1, 0.15) is 24.0 Å². The van der Waals surface area contributed by atoms with Gasteiger partial charge in [0.2, 0.25) is 5.91 Å². The first-order valence-electron chi connectivity index (χ1n) is 6.70. The second-order valence-corrected chi connectivity index (χ2v) is 4.86. The first kappa shape index (κ1) is 14.1. The van der Waals surface area contributed by atoms with Crippen LogP contribution in [0.2, 0.25) is 0 Å². The Bertz CT molecular complexity index is 561. The molecule has 2 rings (SSSR count). The maximum absolute atomic E-state index is 11.8. The van der Waals surface area contributed by atoms with Gasteiger partial charge in [0.15, 0.2) is 0 Å². The van der Waals surface area contributed by atoms with Crippen LogP contribution in [0, 0.1) is 6.92 Å². The third kappa shape index (κ3) is 4.39. The summed E-state index contributed by atoms with van der Waals surface area (Å²) in [6.45, 7) is 2.07. The Morgan fingerprint density at radius 2 is 1.95 bits per heavy atom. The van der Waals surface area contributed by atoms with E-state index in [2.05, 4.69) is 41.5 Å². The molecule has 0 aliphatic heterocycles. The highest BCUT2D eigenvalue weighted by molar-refractivity contribution is 5.89. The van der Waals surface area contributed by atoms with Crippen molar-refractivity contribution in [3.8, 4) is 0 Å². The standard InChI is InChI=1S/C16H19N3O/c1-12-5-7-13(8-6-12)3-2-4-16(20)19-15-10-9-14(17)11-18-15/h5-11H,2-4,17H2,1H3,(H,18,19,20). The zero-order valence-corrected chi connectivity index (χ0v) is 11.6. The number of amides is 1. The molecule has 2 aromatic rings. The van der Waals surface area contributed by atoms with Crippen molar-refractivity contribution in [2.24, 2.45) is 0 Å². The number of aryl methyl sites for hydroxylation is 2. The molecule has 0 saturated carbocycles. The number of pyridine rings is 1. The van der Waals surface area contributed by atoms with Gasteiger partial charge in [0, 0.05) is 6.42 Å². The molecule has 0 atom stereocenters. The molecule has 0 aliphatic carbocycles. The lowest BCUT2D eigenvalue weighted by atomic mass is 10.1. The monoisotopic (exact) mass is 269 g/mol. The van der Waals surface area contributed by atoms with Gasteiger partial charge in [-0.15, -0.1) is 0 Å². The summed E-state index contributed by atoms with van der Waals surface area (Å²) < 4.78 is 0. The van der Waals surface area contributed by atoms with Gasteiger partial charge in [0.05, 0.1) is 11.9 Å². The minimum atomic E-state index is -0.0191. The van der Waals surface area contributed by atoms with Crippen molar-refractivity contribution < 1.29 is 4.79 Å². The van der Waals surface area contributed by atoms with Gasteiger partial charge in [-0.25, -0.2) is 4.98 Å². The number of benzene rings is 1. The molecule has 0 aliphatic rings. The van der Waals surface area contributed by atoms with E-state index in [1.54, 1.807) is 12.1 Å². The number of nitrogens with two attached hydrogens (primary N) is 1. The summed E-state index contributed by atoms with van der Waals surface area (Å²) in [6, 6.07) is 11.8. The van der Waals surface area contributed by atoms with Crippen LogP contribution in [-0.4, -0.2) is 10.9 Å². The fourth-order valence-corrected chi connectivity index (χ4v) is 1.89. The minimum Gasteiger partial charge on any atom is -0.397 e. The summed E-state index contributed by atoms with van der Waals surface area (Å²) >= 11 is 0. The SMILES string of the molecule is Cc1ccc(CCCC(=O)Nc2ccc(N)cn2)cc1. The Labute approximate surface area is 119 Å². The van der Waals surface area contributed by atoms with Crippen LogP contribution >= 0.6 is 0 Å². The molecule has 0 spiro atoms.